The number of hydrogen-bond donors (Lipinski definition) is 1. The van der Waals surface area contributed by atoms with Crippen molar-refractivity contribution in [2.45, 2.75) is 13.5 Å². The van der Waals surface area contributed by atoms with Crippen LogP contribution in [0.1, 0.15) is 27.0 Å². The van der Waals surface area contributed by atoms with Crippen molar-refractivity contribution in [2.24, 2.45) is 0 Å². The van der Waals surface area contributed by atoms with E-state index >= 15 is 0 Å². The number of nitriles is 1. The lowest BCUT2D eigenvalue weighted by Crippen LogP contribution is -2.26. The largest absolute Gasteiger partial charge is 0.494 e. The fourth-order valence-electron chi connectivity index (χ4n) is 2.27. The van der Waals surface area contributed by atoms with Gasteiger partial charge >= 0.3 is 0 Å². The number of pyridine rings is 1. The van der Waals surface area contributed by atoms with Gasteiger partial charge in [-0.05, 0) is 36.8 Å². The molecule has 0 aliphatic carbocycles. The number of rotatable bonds is 4. The van der Waals surface area contributed by atoms with Crippen LogP contribution in [0, 0.1) is 18.3 Å². The molecule has 0 spiro atoms. The zero-order valence-electron chi connectivity index (χ0n) is 12.3. The number of aromatic nitrogens is 1. The first kappa shape index (κ1) is 16.7. The number of halogens is 1. The van der Waals surface area contributed by atoms with Crippen molar-refractivity contribution in [1.29, 1.82) is 5.26 Å². The van der Waals surface area contributed by atoms with E-state index in [-0.39, 0.29) is 23.2 Å². The molecule has 0 amide bonds. The first-order valence-electron chi connectivity index (χ1n) is 6.70. The van der Waals surface area contributed by atoms with Gasteiger partial charge in [0, 0.05) is 16.6 Å². The fraction of sp³-hybridized carbons (Fsp3) is 0.118. The first-order chi connectivity index (χ1) is 10.9. The van der Waals surface area contributed by atoms with E-state index in [1.807, 2.05) is 0 Å². The lowest BCUT2D eigenvalue weighted by Gasteiger charge is -2.14. The van der Waals surface area contributed by atoms with Crippen LogP contribution in [0.15, 0.2) is 46.2 Å². The summed E-state index contributed by atoms with van der Waals surface area (Å²) in [6.45, 7) is 4.99. The van der Waals surface area contributed by atoms with E-state index in [0.717, 1.165) is 9.04 Å². The molecule has 0 aliphatic heterocycles. The third-order valence-electron chi connectivity index (χ3n) is 3.45. The number of nitrogens with zero attached hydrogens (tertiary/aromatic N) is 2. The van der Waals surface area contributed by atoms with Gasteiger partial charge in [-0.1, -0.05) is 22.0 Å². The maximum absolute atomic E-state index is 12.7. The number of benzene rings is 1. The average Bonchev–Trinajstić information content (AvgIpc) is 2.52. The SMILES string of the molecule is C=CCn1c(O)c(C(=O)c2ccc(Br)cc2)c(C)c(C#N)c1=O. The summed E-state index contributed by atoms with van der Waals surface area (Å²) < 4.78 is 1.77. The van der Waals surface area contributed by atoms with Crippen LogP contribution >= 0.6 is 15.9 Å². The molecule has 1 heterocycles. The second-order valence-corrected chi connectivity index (χ2v) is 5.77. The van der Waals surface area contributed by atoms with Crippen molar-refractivity contribution in [3.8, 4) is 11.9 Å². The molecule has 0 bridgehead atoms. The predicted molar refractivity (Wildman–Crippen MR) is 89.6 cm³/mol. The molecule has 0 saturated carbocycles. The van der Waals surface area contributed by atoms with E-state index in [1.165, 1.54) is 13.0 Å². The molecule has 0 fully saturated rings. The van der Waals surface area contributed by atoms with Gasteiger partial charge in [0.25, 0.3) is 5.56 Å². The summed E-state index contributed by atoms with van der Waals surface area (Å²) in [5.74, 6) is -0.916. The second kappa shape index (κ2) is 6.63. The maximum atomic E-state index is 12.7. The van der Waals surface area contributed by atoms with Crippen LogP contribution in [-0.4, -0.2) is 15.5 Å². The highest BCUT2D eigenvalue weighted by atomic mass is 79.9. The van der Waals surface area contributed by atoms with Crippen LogP contribution < -0.4 is 5.56 Å². The Bertz CT molecular complexity index is 890. The van der Waals surface area contributed by atoms with Gasteiger partial charge in [0.1, 0.15) is 11.6 Å². The van der Waals surface area contributed by atoms with Crippen molar-refractivity contribution >= 4 is 21.7 Å². The highest BCUT2D eigenvalue weighted by Crippen LogP contribution is 2.25. The summed E-state index contributed by atoms with van der Waals surface area (Å²) in [5.41, 5.74) is -0.340. The molecule has 0 unspecified atom stereocenters. The third kappa shape index (κ3) is 2.96. The van der Waals surface area contributed by atoms with Gasteiger partial charge in [-0.15, -0.1) is 6.58 Å². The monoisotopic (exact) mass is 372 g/mol. The Kier molecular flexibility index (Phi) is 4.82. The van der Waals surface area contributed by atoms with E-state index in [1.54, 1.807) is 30.3 Å². The summed E-state index contributed by atoms with van der Waals surface area (Å²) >= 11 is 3.28. The van der Waals surface area contributed by atoms with E-state index in [9.17, 15) is 20.0 Å². The summed E-state index contributed by atoms with van der Waals surface area (Å²) in [5, 5.41) is 19.6. The third-order valence-corrected chi connectivity index (χ3v) is 3.97. The van der Waals surface area contributed by atoms with E-state index in [0.29, 0.717) is 5.56 Å². The lowest BCUT2D eigenvalue weighted by molar-refractivity contribution is 0.103. The quantitative estimate of drug-likeness (QED) is 0.660. The van der Waals surface area contributed by atoms with Crippen molar-refractivity contribution in [1.82, 2.24) is 4.57 Å². The van der Waals surface area contributed by atoms with Crippen LogP contribution in [0.5, 0.6) is 5.88 Å². The fourth-order valence-corrected chi connectivity index (χ4v) is 2.53. The topological polar surface area (TPSA) is 83.1 Å². The number of carbonyl (C=O) groups excluding carboxylic acids is 1. The molecule has 0 aliphatic rings. The average molecular weight is 373 g/mol. The van der Waals surface area contributed by atoms with Gasteiger partial charge in [-0.3, -0.25) is 14.2 Å². The second-order valence-electron chi connectivity index (χ2n) is 4.85. The van der Waals surface area contributed by atoms with Crippen molar-refractivity contribution in [2.75, 3.05) is 0 Å². The number of carbonyl (C=O) groups is 1. The zero-order chi connectivity index (χ0) is 17.1. The smallest absolute Gasteiger partial charge is 0.271 e. The summed E-state index contributed by atoms with van der Waals surface area (Å²) in [6, 6.07) is 8.40. The molecule has 0 saturated heterocycles. The van der Waals surface area contributed by atoms with Gasteiger partial charge in [-0.25, -0.2) is 0 Å². The molecule has 1 aromatic heterocycles. The molecular formula is C17H13BrN2O3. The molecular weight excluding hydrogens is 360 g/mol. The molecule has 1 N–H and O–H groups in total. The normalized spacial score (nSPS) is 10.1. The maximum Gasteiger partial charge on any atom is 0.271 e. The molecule has 116 valence electrons. The molecule has 2 rings (SSSR count). The minimum Gasteiger partial charge on any atom is -0.494 e. The van der Waals surface area contributed by atoms with E-state index in [2.05, 4.69) is 22.5 Å². The zero-order valence-corrected chi connectivity index (χ0v) is 13.9. The number of ketones is 1. The van der Waals surface area contributed by atoms with Crippen LogP contribution in [0.3, 0.4) is 0 Å². The van der Waals surface area contributed by atoms with Crippen molar-refractivity contribution in [3.05, 3.63) is 74.0 Å². The number of hydrogen-bond acceptors (Lipinski definition) is 4. The van der Waals surface area contributed by atoms with Gasteiger partial charge in [0.05, 0.1) is 5.56 Å². The summed E-state index contributed by atoms with van der Waals surface area (Å²) in [4.78, 5) is 24.9. The highest BCUT2D eigenvalue weighted by Gasteiger charge is 2.24. The van der Waals surface area contributed by atoms with Gasteiger partial charge in [0.15, 0.2) is 5.78 Å². The van der Waals surface area contributed by atoms with Crippen LogP contribution in [0.2, 0.25) is 0 Å². The minimum atomic E-state index is -0.644. The highest BCUT2D eigenvalue weighted by molar-refractivity contribution is 9.10. The van der Waals surface area contributed by atoms with E-state index < -0.39 is 17.2 Å². The first-order valence-corrected chi connectivity index (χ1v) is 7.49. The van der Waals surface area contributed by atoms with Gasteiger partial charge in [0.2, 0.25) is 5.88 Å². The molecule has 0 radical (unpaired) electrons. The van der Waals surface area contributed by atoms with E-state index in [4.69, 9.17) is 0 Å². The summed E-state index contributed by atoms with van der Waals surface area (Å²) in [6.07, 6.45) is 1.41. The van der Waals surface area contributed by atoms with Gasteiger partial charge < -0.3 is 5.11 Å². The Hall–Kier alpha value is -2.65. The molecule has 6 heteroatoms. The van der Waals surface area contributed by atoms with Crippen molar-refractivity contribution < 1.29 is 9.90 Å². The summed E-state index contributed by atoms with van der Waals surface area (Å²) in [7, 11) is 0. The minimum absolute atomic E-state index is 0.000243. The Morgan fingerprint density at radius 1 is 1.43 bits per heavy atom. The Morgan fingerprint density at radius 3 is 2.57 bits per heavy atom. The lowest BCUT2D eigenvalue weighted by atomic mass is 9.97. The Balaban J connectivity index is 2.76. The number of aromatic hydroxyl groups is 1. The molecule has 23 heavy (non-hydrogen) atoms. The Morgan fingerprint density at radius 2 is 2.04 bits per heavy atom. The molecule has 5 nitrogen and oxygen atoms in total. The molecule has 0 atom stereocenters. The van der Waals surface area contributed by atoms with Crippen LogP contribution in [-0.2, 0) is 6.54 Å². The Labute approximate surface area is 141 Å². The van der Waals surface area contributed by atoms with Crippen molar-refractivity contribution in [3.63, 3.8) is 0 Å². The van der Waals surface area contributed by atoms with Crippen LogP contribution in [0.4, 0.5) is 0 Å². The predicted octanol–water partition coefficient (Wildman–Crippen LogP) is 2.91. The van der Waals surface area contributed by atoms with Crippen LogP contribution in [0.25, 0.3) is 0 Å². The standard InChI is InChI=1S/C17H13BrN2O3/c1-3-8-20-16(22)13(9-19)10(2)14(17(20)23)15(21)11-4-6-12(18)7-5-11/h3-7,23H,1,8H2,2H3. The molecule has 2 aromatic rings. The van der Waals surface area contributed by atoms with Gasteiger partial charge in [-0.2, -0.15) is 5.26 Å². The number of allylic oxidation sites excluding steroid dienone is 1. The molecule has 1 aromatic carbocycles.